The first-order valence-electron chi connectivity index (χ1n) is 27.3. The fourth-order valence-corrected chi connectivity index (χ4v) is 12.5. The monoisotopic (exact) mass is 986 g/mol. The maximum Gasteiger partial charge on any atom is 0.130 e. The van der Waals surface area contributed by atoms with Gasteiger partial charge >= 0.3 is 0 Å². The van der Waals surface area contributed by atoms with Crippen LogP contribution in [0.25, 0.3) is 63.1 Å². The fraction of sp³-hybridized carbons (Fsp3) is 0.178. The molecule has 374 valence electrons. The summed E-state index contributed by atoms with van der Waals surface area (Å²) in [6.45, 7) is 13.6. The fourth-order valence-electron chi connectivity index (χ4n) is 12.5. The zero-order chi connectivity index (χ0) is 51.8. The van der Waals surface area contributed by atoms with E-state index in [1.165, 1.54) is 94.3 Å². The van der Waals surface area contributed by atoms with Gasteiger partial charge in [-0.15, -0.1) is 0 Å². The third-order valence-corrected chi connectivity index (χ3v) is 17.0. The summed E-state index contributed by atoms with van der Waals surface area (Å²) in [5.41, 5.74) is 21.2. The Labute approximate surface area is 450 Å². The molecule has 3 heteroatoms. The van der Waals surface area contributed by atoms with Crippen LogP contribution >= 0.6 is 0 Å². The van der Waals surface area contributed by atoms with E-state index < -0.39 is 0 Å². The van der Waals surface area contributed by atoms with Crippen LogP contribution in [0, 0.1) is 11.3 Å². The van der Waals surface area contributed by atoms with Gasteiger partial charge in [0, 0.05) is 33.8 Å². The summed E-state index contributed by atoms with van der Waals surface area (Å²) in [5.74, 6) is 0.328. The lowest BCUT2D eigenvalue weighted by atomic mass is 9.66. The van der Waals surface area contributed by atoms with Crippen molar-refractivity contribution in [3.63, 3.8) is 0 Å². The number of hydrogen-bond donors (Lipinski definition) is 2. The third kappa shape index (κ3) is 9.08. The predicted octanol–water partition coefficient (Wildman–Crippen LogP) is 17.1. The minimum absolute atomic E-state index is 0.0700. The second-order valence-electron chi connectivity index (χ2n) is 21.9. The van der Waals surface area contributed by atoms with Crippen molar-refractivity contribution in [2.24, 2.45) is 11.3 Å². The zero-order valence-electron chi connectivity index (χ0n) is 44.3. The summed E-state index contributed by atoms with van der Waals surface area (Å²) < 4.78 is 2.56. The molecule has 1 aliphatic heterocycles. The second-order valence-corrected chi connectivity index (χ2v) is 21.9. The SMILES string of the molecule is C=Cc1ccccc1C(C)N/C(=C(\CC1=CC=C(C2(C)C=c3ccc(-c4ccc([C@H]5Nc6ccccc6-c6cc(C7(C)C=CC=CC7)c(-c7ccccc7)n65)cc4)cc3=CC2C)CC1)c1ccccc1)c1ccccc1. The molecular weight excluding hydrogens is 919 g/mol. The molecule has 0 spiro atoms. The Morgan fingerprint density at radius 1 is 0.711 bits per heavy atom. The van der Waals surface area contributed by atoms with Gasteiger partial charge < -0.3 is 15.2 Å². The first-order chi connectivity index (χ1) is 37.2. The number of nitrogens with one attached hydrogen (secondary N) is 2. The first-order valence-corrected chi connectivity index (χ1v) is 27.3. The molecule has 4 aliphatic rings. The smallest absolute Gasteiger partial charge is 0.130 e. The van der Waals surface area contributed by atoms with Crippen molar-refractivity contribution in [1.82, 2.24) is 9.88 Å². The summed E-state index contributed by atoms with van der Waals surface area (Å²) in [6, 6.07) is 69.0. The molecule has 2 N–H and O–H groups in total. The molecule has 0 bridgehead atoms. The number of allylic oxidation sites excluding steroid dienone is 9. The Morgan fingerprint density at radius 2 is 1.41 bits per heavy atom. The highest BCUT2D eigenvalue weighted by Crippen LogP contribution is 2.50. The van der Waals surface area contributed by atoms with Crippen LogP contribution < -0.4 is 21.1 Å². The van der Waals surface area contributed by atoms with Gasteiger partial charge in [-0.25, -0.2) is 0 Å². The highest BCUT2D eigenvalue weighted by Gasteiger charge is 2.37. The molecule has 0 saturated heterocycles. The molecule has 0 amide bonds. The summed E-state index contributed by atoms with van der Waals surface area (Å²) in [4.78, 5) is 0. The van der Waals surface area contributed by atoms with Gasteiger partial charge in [-0.05, 0) is 123 Å². The third-order valence-electron chi connectivity index (χ3n) is 17.0. The van der Waals surface area contributed by atoms with Crippen LogP contribution in [-0.4, -0.2) is 4.57 Å². The van der Waals surface area contributed by atoms with Crippen molar-refractivity contribution >= 4 is 35.2 Å². The Morgan fingerprint density at radius 3 is 2.13 bits per heavy atom. The van der Waals surface area contributed by atoms with E-state index in [4.69, 9.17) is 0 Å². The normalized spacial score (nSPS) is 20.9. The predicted molar refractivity (Wildman–Crippen MR) is 322 cm³/mol. The van der Waals surface area contributed by atoms with Crippen LogP contribution in [0.5, 0.6) is 0 Å². The standard InChI is InChI=1S/C73H67N3/c1-6-53-23-17-18-30-63(53)51(3)74-69(56-26-13-8-14-27-56)65(55-24-11-7-12-25-55)46-52-33-41-62(42-34-52)73(5)49-60-40-39-59(47-61(60)45-50(73)2)54-35-37-58(38-36-54)71-75-67-32-20-19-31-64(67)68-48-66(72(4)43-21-10-22-44-72)70(76(68)71)57-28-15-9-16-29-57/h6-33,35-41,43,45,47-51,71,74-75H,1,34,42,44,46H2,2-5H3/b69-65+/t50?,51?,71-,72?,73?/m0/s1. The van der Waals surface area contributed by atoms with Crippen molar-refractivity contribution in [2.75, 3.05) is 5.32 Å². The first kappa shape index (κ1) is 48.5. The average molecular weight is 986 g/mol. The quantitative estimate of drug-likeness (QED) is 0.113. The number of rotatable bonds is 13. The van der Waals surface area contributed by atoms with E-state index in [2.05, 4.69) is 286 Å². The Bertz CT molecular complexity index is 3770. The highest BCUT2D eigenvalue weighted by molar-refractivity contribution is 5.91. The summed E-state index contributed by atoms with van der Waals surface area (Å²) >= 11 is 0. The van der Waals surface area contributed by atoms with Crippen molar-refractivity contribution < 1.29 is 0 Å². The number of para-hydroxylation sites is 1. The number of nitrogens with zero attached hydrogens (tertiary/aromatic N) is 1. The Hall–Kier alpha value is -8.40. The molecule has 2 heterocycles. The van der Waals surface area contributed by atoms with Crippen LogP contribution in [0.1, 0.15) is 99.0 Å². The van der Waals surface area contributed by atoms with E-state index in [-0.39, 0.29) is 23.0 Å². The maximum absolute atomic E-state index is 4.13. The molecule has 0 saturated carbocycles. The molecule has 5 atom stereocenters. The minimum atomic E-state index is -0.132. The lowest BCUT2D eigenvalue weighted by Crippen LogP contribution is -2.38. The van der Waals surface area contributed by atoms with E-state index in [1.807, 2.05) is 6.08 Å². The van der Waals surface area contributed by atoms with E-state index in [0.717, 1.165) is 36.9 Å². The van der Waals surface area contributed by atoms with Gasteiger partial charge in [-0.3, -0.25) is 0 Å². The van der Waals surface area contributed by atoms with Gasteiger partial charge in [0.15, 0.2) is 0 Å². The number of fused-ring (bicyclic) bond motifs is 4. The molecular formula is C73H67N3. The topological polar surface area (TPSA) is 29.0 Å². The number of aromatic nitrogens is 1. The summed E-state index contributed by atoms with van der Waals surface area (Å²) in [6.07, 6.45) is 24.8. The van der Waals surface area contributed by atoms with Gasteiger partial charge in [0.05, 0.1) is 11.4 Å². The molecule has 7 aromatic carbocycles. The van der Waals surface area contributed by atoms with Gasteiger partial charge in [0.1, 0.15) is 6.17 Å². The molecule has 4 unspecified atom stereocenters. The van der Waals surface area contributed by atoms with Crippen molar-refractivity contribution in [3.8, 4) is 33.6 Å². The summed E-state index contributed by atoms with van der Waals surface area (Å²) in [7, 11) is 0. The molecule has 1 aromatic heterocycles. The lowest BCUT2D eigenvalue weighted by molar-refractivity contribution is 0.423. The van der Waals surface area contributed by atoms with Crippen LogP contribution in [-0.2, 0) is 5.41 Å². The molecule has 0 radical (unpaired) electrons. The van der Waals surface area contributed by atoms with Crippen molar-refractivity contribution in [1.29, 1.82) is 0 Å². The second kappa shape index (κ2) is 20.4. The number of anilines is 1. The minimum Gasteiger partial charge on any atom is -0.378 e. The number of hydrogen-bond acceptors (Lipinski definition) is 2. The van der Waals surface area contributed by atoms with Crippen LogP contribution in [0.2, 0.25) is 0 Å². The van der Waals surface area contributed by atoms with Gasteiger partial charge in [0.2, 0.25) is 0 Å². The Kier molecular flexibility index (Phi) is 13.0. The van der Waals surface area contributed by atoms with E-state index in [9.17, 15) is 0 Å². The van der Waals surface area contributed by atoms with Crippen LogP contribution in [0.15, 0.2) is 242 Å². The number of benzene rings is 7. The summed E-state index contributed by atoms with van der Waals surface area (Å²) in [5, 5.41) is 10.6. The molecule has 12 rings (SSSR count). The average Bonchev–Trinajstić information content (AvgIpc) is 4.03. The van der Waals surface area contributed by atoms with Gasteiger partial charge in [-0.2, -0.15) is 0 Å². The molecule has 3 nitrogen and oxygen atoms in total. The zero-order valence-corrected chi connectivity index (χ0v) is 44.3. The highest BCUT2D eigenvalue weighted by atomic mass is 15.2. The lowest BCUT2D eigenvalue weighted by Gasteiger charge is -2.37. The van der Waals surface area contributed by atoms with Crippen LogP contribution in [0.4, 0.5) is 5.69 Å². The largest absolute Gasteiger partial charge is 0.378 e. The van der Waals surface area contributed by atoms with Gasteiger partial charge in [0.25, 0.3) is 0 Å². The van der Waals surface area contributed by atoms with Crippen LogP contribution in [0.3, 0.4) is 0 Å². The van der Waals surface area contributed by atoms with E-state index >= 15 is 0 Å². The van der Waals surface area contributed by atoms with Crippen molar-refractivity contribution in [3.05, 3.63) is 286 Å². The van der Waals surface area contributed by atoms with E-state index in [1.54, 1.807) is 0 Å². The Balaban J connectivity index is 0.838. The molecule has 76 heavy (non-hydrogen) atoms. The maximum atomic E-state index is 4.13. The van der Waals surface area contributed by atoms with Gasteiger partial charge in [-0.1, -0.05) is 263 Å². The van der Waals surface area contributed by atoms with Crippen molar-refractivity contribution in [2.45, 2.75) is 71.0 Å². The van der Waals surface area contributed by atoms with E-state index in [0.29, 0.717) is 5.92 Å². The molecule has 3 aliphatic carbocycles. The molecule has 8 aromatic rings. The molecule has 0 fully saturated rings.